The first kappa shape index (κ1) is 19.1. The van der Waals surface area contributed by atoms with E-state index in [9.17, 15) is 13.6 Å². The van der Waals surface area contributed by atoms with Crippen molar-refractivity contribution in [2.24, 2.45) is 0 Å². The van der Waals surface area contributed by atoms with E-state index < -0.39 is 5.82 Å². The van der Waals surface area contributed by atoms with Crippen LogP contribution < -0.4 is 5.32 Å². The minimum atomic E-state index is -0.410. The molecule has 0 aliphatic rings. The highest BCUT2D eigenvalue weighted by Crippen LogP contribution is 2.31. The molecule has 0 bridgehead atoms. The summed E-state index contributed by atoms with van der Waals surface area (Å²) in [5.41, 5.74) is 3.99. The lowest BCUT2D eigenvalue weighted by Crippen LogP contribution is -2.15. The van der Waals surface area contributed by atoms with Crippen molar-refractivity contribution in [3.63, 3.8) is 0 Å². The van der Waals surface area contributed by atoms with Crippen molar-refractivity contribution < 1.29 is 13.6 Å². The summed E-state index contributed by atoms with van der Waals surface area (Å²) >= 11 is 1.24. The van der Waals surface area contributed by atoms with Gasteiger partial charge in [0.25, 0.3) is 0 Å². The van der Waals surface area contributed by atoms with Crippen LogP contribution in [0, 0.1) is 18.6 Å². The van der Waals surface area contributed by atoms with Crippen LogP contribution in [-0.2, 0) is 4.79 Å². The Balaban J connectivity index is 1.53. The number of benzene rings is 2. The largest absolute Gasteiger partial charge is 0.357 e. The number of hydrogen-bond donors (Lipinski definition) is 2. The minimum Gasteiger partial charge on any atom is -0.357 e. The van der Waals surface area contributed by atoms with Gasteiger partial charge in [0, 0.05) is 17.4 Å². The molecule has 4 aromatic rings. The molecule has 8 heteroatoms. The van der Waals surface area contributed by atoms with Crippen LogP contribution >= 0.6 is 11.8 Å². The Labute approximate surface area is 169 Å². The number of carbonyl (C=O) groups excluding carboxylic acids is 1. The highest BCUT2D eigenvalue weighted by molar-refractivity contribution is 8.00. The first-order chi connectivity index (χ1) is 14.0. The van der Waals surface area contributed by atoms with Crippen molar-refractivity contribution in [3.8, 4) is 11.1 Å². The molecule has 146 valence electrons. The van der Waals surface area contributed by atoms with Gasteiger partial charge >= 0.3 is 0 Å². The number of nitrogens with one attached hydrogen (secondary N) is 2. The third kappa shape index (κ3) is 4.12. The molecule has 29 heavy (non-hydrogen) atoms. The number of hydrogen-bond acceptors (Lipinski definition) is 4. The van der Waals surface area contributed by atoms with Crippen LogP contribution in [0.2, 0.25) is 0 Å². The van der Waals surface area contributed by atoms with Crippen molar-refractivity contribution >= 4 is 34.4 Å². The van der Waals surface area contributed by atoms with Gasteiger partial charge in [-0.05, 0) is 42.3 Å². The number of H-pyrrole nitrogens is 1. The van der Waals surface area contributed by atoms with E-state index in [0.29, 0.717) is 27.3 Å². The second kappa shape index (κ2) is 8.00. The maximum Gasteiger partial charge on any atom is 0.234 e. The third-order valence-corrected chi connectivity index (χ3v) is 5.37. The van der Waals surface area contributed by atoms with Gasteiger partial charge in [-0.3, -0.25) is 4.79 Å². The van der Waals surface area contributed by atoms with Gasteiger partial charge in [-0.2, -0.15) is 0 Å². The number of fused-ring (bicyclic) bond motifs is 1. The van der Waals surface area contributed by atoms with Gasteiger partial charge in [-0.1, -0.05) is 30.0 Å². The number of thioether (sulfide) groups is 1. The molecular weight excluding hydrogens is 394 g/mol. The maximum absolute atomic E-state index is 13.6. The number of nitrogens with zero attached hydrogens (tertiary/aromatic N) is 2. The minimum absolute atomic E-state index is 0.0936. The molecule has 4 rings (SSSR count). The number of anilines is 1. The van der Waals surface area contributed by atoms with E-state index in [-0.39, 0.29) is 17.5 Å². The summed E-state index contributed by atoms with van der Waals surface area (Å²) in [4.78, 5) is 24.0. The number of halogens is 2. The molecule has 0 atom stereocenters. The van der Waals surface area contributed by atoms with Crippen molar-refractivity contribution in [2.75, 3.05) is 11.1 Å². The summed E-state index contributed by atoms with van der Waals surface area (Å²) in [5.74, 6) is -0.916. The quantitative estimate of drug-likeness (QED) is 0.361. The average molecular weight is 410 g/mol. The van der Waals surface area contributed by atoms with Gasteiger partial charge in [0.2, 0.25) is 5.91 Å². The van der Waals surface area contributed by atoms with Crippen LogP contribution in [0.5, 0.6) is 0 Å². The molecule has 0 radical (unpaired) electrons. The second-order valence-electron chi connectivity index (χ2n) is 6.41. The first-order valence-corrected chi connectivity index (χ1v) is 9.76. The fourth-order valence-electron chi connectivity index (χ4n) is 2.95. The summed E-state index contributed by atoms with van der Waals surface area (Å²) in [5, 5.41) is 3.31. The van der Waals surface area contributed by atoms with Crippen molar-refractivity contribution in [1.29, 1.82) is 0 Å². The lowest BCUT2D eigenvalue weighted by molar-refractivity contribution is -0.113. The fraction of sp³-hybridized carbons (Fsp3) is 0.0952. The van der Waals surface area contributed by atoms with Crippen LogP contribution in [0.15, 0.2) is 60.0 Å². The smallest absolute Gasteiger partial charge is 0.234 e. The molecule has 0 saturated heterocycles. The lowest BCUT2D eigenvalue weighted by atomic mass is 10.1. The maximum atomic E-state index is 13.6. The number of rotatable bonds is 5. The zero-order chi connectivity index (χ0) is 20.4. The number of aromatic amines is 1. The van der Waals surface area contributed by atoms with E-state index in [1.54, 1.807) is 31.3 Å². The predicted molar refractivity (Wildman–Crippen MR) is 110 cm³/mol. The van der Waals surface area contributed by atoms with Gasteiger partial charge in [0.1, 0.15) is 28.5 Å². The normalized spacial score (nSPS) is 11.0. The summed E-state index contributed by atoms with van der Waals surface area (Å²) < 4.78 is 27.0. The molecule has 0 aliphatic carbocycles. The van der Waals surface area contributed by atoms with Crippen LogP contribution in [-0.4, -0.2) is 26.6 Å². The molecular formula is C21H16F2N4OS. The number of aryl methyl sites for hydroxylation is 1. The summed E-state index contributed by atoms with van der Waals surface area (Å²) in [6.07, 6.45) is 3.16. The van der Waals surface area contributed by atoms with Gasteiger partial charge in [-0.25, -0.2) is 18.7 Å². The van der Waals surface area contributed by atoms with Crippen LogP contribution in [0.25, 0.3) is 22.2 Å². The summed E-state index contributed by atoms with van der Waals surface area (Å²) in [6, 6.07) is 10.5. The van der Waals surface area contributed by atoms with Crippen molar-refractivity contribution in [3.05, 3.63) is 72.2 Å². The predicted octanol–water partition coefficient (Wildman–Crippen LogP) is 4.94. The topological polar surface area (TPSA) is 70.7 Å². The van der Waals surface area contributed by atoms with Crippen LogP contribution in [0.1, 0.15) is 5.56 Å². The van der Waals surface area contributed by atoms with E-state index in [2.05, 4.69) is 20.3 Å². The summed E-state index contributed by atoms with van der Waals surface area (Å²) in [6.45, 7) is 1.79. The average Bonchev–Trinajstić information content (AvgIpc) is 3.14. The molecule has 0 saturated carbocycles. The highest BCUT2D eigenvalue weighted by atomic mass is 32.2. The van der Waals surface area contributed by atoms with Crippen molar-refractivity contribution in [1.82, 2.24) is 15.0 Å². The SMILES string of the molecule is Cc1ccc(F)cc1NC(=O)CSc1ncnc2c(-c3cccc(F)c3)c[nH]c12. The van der Waals surface area contributed by atoms with Gasteiger partial charge in [0.15, 0.2) is 0 Å². The molecule has 0 spiro atoms. The Morgan fingerprint density at radius 2 is 1.97 bits per heavy atom. The molecule has 2 aromatic carbocycles. The van der Waals surface area contributed by atoms with E-state index >= 15 is 0 Å². The van der Waals surface area contributed by atoms with Crippen LogP contribution in [0.4, 0.5) is 14.5 Å². The monoisotopic (exact) mass is 410 g/mol. The molecule has 2 N–H and O–H groups in total. The van der Waals surface area contributed by atoms with Crippen molar-refractivity contribution in [2.45, 2.75) is 11.9 Å². The van der Waals surface area contributed by atoms with E-state index in [0.717, 1.165) is 11.1 Å². The van der Waals surface area contributed by atoms with E-state index in [1.807, 2.05) is 0 Å². The molecule has 0 unspecified atom stereocenters. The fourth-order valence-corrected chi connectivity index (χ4v) is 3.71. The number of carbonyl (C=O) groups is 1. The molecule has 1 amide bonds. The zero-order valence-electron chi connectivity index (χ0n) is 15.4. The molecule has 2 aromatic heterocycles. The number of aromatic nitrogens is 3. The summed E-state index contributed by atoms with van der Waals surface area (Å²) in [7, 11) is 0. The Morgan fingerprint density at radius 3 is 2.79 bits per heavy atom. The van der Waals surface area contributed by atoms with Gasteiger partial charge in [0.05, 0.1) is 11.3 Å². The van der Waals surface area contributed by atoms with Crippen LogP contribution in [0.3, 0.4) is 0 Å². The Kier molecular flexibility index (Phi) is 5.26. The third-order valence-electron chi connectivity index (χ3n) is 4.38. The van der Waals surface area contributed by atoms with Gasteiger partial charge in [-0.15, -0.1) is 0 Å². The Morgan fingerprint density at radius 1 is 1.14 bits per heavy atom. The first-order valence-electron chi connectivity index (χ1n) is 8.78. The Bertz CT molecular complexity index is 1210. The standard InChI is InChI=1S/C21H16F2N4OS/c1-12-5-6-15(23)8-17(12)27-18(28)10-29-21-20-19(25-11-26-21)16(9-24-20)13-3-2-4-14(22)7-13/h2-9,11,24H,10H2,1H3,(H,27,28). The highest BCUT2D eigenvalue weighted by Gasteiger charge is 2.14. The second-order valence-corrected chi connectivity index (χ2v) is 7.38. The van der Waals surface area contributed by atoms with E-state index in [4.69, 9.17) is 0 Å². The molecule has 0 fully saturated rings. The van der Waals surface area contributed by atoms with E-state index in [1.165, 1.54) is 42.4 Å². The zero-order valence-corrected chi connectivity index (χ0v) is 16.2. The Hall–Kier alpha value is -3.26. The lowest BCUT2D eigenvalue weighted by Gasteiger charge is -2.08. The molecule has 2 heterocycles. The van der Waals surface area contributed by atoms with Gasteiger partial charge < -0.3 is 10.3 Å². The number of amides is 1. The molecule has 0 aliphatic heterocycles. The molecule has 5 nitrogen and oxygen atoms in total.